The van der Waals surface area contributed by atoms with Crippen LogP contribution in [0.5, 0.6) is 0 Å². The van der Waals surface area contributed by atoms with Gasteiger partial charge in [-0.2, -0.15) is 11.8 Å². The molecule has 1 heterocycles. The van der Waals surface area contributed by atoms with E-state index >= 15 is 0 Å². The molecule has 19 heavy (non-hydrogen) atoms. The first-order chi connectivity index (χ1) is 9.16. The van der Waals surface area contributed by atoms with E-state index in [1.165, 1.54) is 23.6 Å². The van der Waals surface area contributed by atoms with Crippen molar-refractivity contribution in [1.82, 2.24) is 5.32 Å². The van der Waals surface area contributed by atoms with E-state index in [1.807, 2.05) is 11.8 Å². The summed E-state index contributed by atoms with van der Waals surface area (Å²) in [7, 11) is 0. The molecule has 1 atom stereocenters. The fraction of sp³-hybridized carbons (Fsp3) is 0.538. The smallest absolute Gasteiger partial charge is 0.269 e. The highest BCUT2D eigenvalue weighted by molar-refractivity contribution is 7.99. The maximum absolute atomic E-state index is 10.5. The molecule has 1 aliphatic heterocycles. The van der Waals surface area contributed by atoms with E-state index in [1.54, 1.807) is 12.1 Å². The van der Waals surface area contributed by atoms with Crippen LogP contribution in [-0.4, -0.2) is 34.1 Å². The molecule has 0 aliphatic carbocycles. The van der Waals surface area contributed by atoms with E-state index in [2.05, 4.69) is 5.32 Å². The quantitative estimate of drug-likeness (QED) is 0.639. The van der Waals surface area contributed by atoms with Gasteiger partial charge in [-0.1, -0.05) is 0 Å². The molecule has 2 rings (SSSR count). The SMILES string of the molecule is O=[N+]([O-])c1ccc(C(O)CNC2CCSCC2)cc1. The second-order valence-corrected chi connectivity index (χ2v) is 5.88. The maximum atomic E-state index is 10.5. The van der Waals surface area contributed by atoms with Crippen molar-refractivity contribution in [2.45, 2.75) is 25.0 Å². The number of non-ortho nitro benzene ring substituents is 1. The molecule has 0 saturated carbocycles. The van der Waals surface area contributed by atoms with Crippen molar-refractivity contribution in [2.75, 3.05) is 18.1 Å². The van der Waals surface area contributed by atoms with Crippen molar-refractivity contribution < 1.29 is 10.0 Å². The van der Waals surface area contributed by atoms with Gasteiger partial charge in [0, 0.05) is 24.7 Å². The number of thioether (sulfide) groups is 1. The molecule has 1 aromatic carbocycles. The Bertz CT molecular complexity index is 418. The molecule has 1 aliphatic rings. The van der Waals surface area contributed by atoms with E-state index in [-0.39, 0.29) is 5.69 Å². The zero-order valence-electron chi connectivity index (χ0n) is 10.6. The van der Waals surface area contributed by atoms with Crippen LogP contribution in [0.15, 0.2) is 24.3 Å². The van der Waals surface area contributed by atoms with Gasteiger partial charge in [0.15, 0.2) is 0 Å². The van der Waals surface area contributed by atoms with E-state index in [0.717, 1.165) is 12.8 Å². The monoisotopic (exact) mass is 282 g/mol. The van der Waals surface area contributed by atoms with Crippen LogP contribution < -0.4 is 5.32 Å². The van der Waals surface area contributed by atoms with Gasteiger partial charge in [0.2, 0.25) is 0 Å². The number of nitro benzene ring substituents is 1. The Morgan fingerprint density at radius 2 is 2.00 bits per heavy atom. The van der Waals surface area contributed by atoms with Gasteiger partial charge < -0.3 is 10.4 Å². The number of rotatable bonds is 5. The minimum absolute atomic E-state index is 0.0493. The molecule has 0 bridgehead atoms. The predicted octanol–water partition coefficient (Wildman–Crippen LogP) is 2.11. The highest BCUT2D eigenvalue weighted by Crippen LogP contribution is 2.19. The normalized spacial score (nSPS) is 18.2. The number of nitrogens with one attached hydrogen (secondary N) is 1. The molecule has 1 fully saturated rings. The molecule has 1 saturated heterocycles. The lowest BCUT2D eigenvalue weighted by Crippen LogP contribution is -2.35. The van der Waals surface area contributed by atoms with Gasteiger partial charge in [0.1, 0.15) is 0 Å². The number of nitrogens with zero attached hydrogens (tertiary/aromatic N) is 1. The van der Waals surface area contributed by atoms with Gasteiger partial charge in [-0.05, 0) is 42.0 Å². The molecule has 5 nitrogen and oxygen atoms in total. The van der Waals surface area contributed by atoms with E-state index < -0.39 is 11.0 Å². The molecule has 0 radical (unpaired) electrons. The van der Waals surface area contributed by atoms with Gasteiger partial charge in [-0.3, -0.25) is 10.1 Å². The summed E-state index contributed by atoms with van der Waals surface area (Å²) in [6.07, 6.45) is 1.66. The van der Waals surface area contributed by atoms with Gasteiger partial charge in [-0.15, -0.1) is 0 Å². The van der Waals surface area contributed by atoms with Crippen LogP contribution >= 0.6 is 11.8 Å². The molecule has 0 spiro atoms. The summed E-state index contributed by atoms with van der Waals surface area (Å²) in [4.78, 5) is 10.1. The van der Waals surface area contributed by atoms with Crippen LogP contribution in [0.3, 0.4) is 0 Å². The Labute approximate surface area is 116 Å². The lowest BCUT2D eigenvalue weighted by atomic mass is 10.1. The number of aliphatic hydroxyl groups is 1. The molecular formula is C13H18N2O3S. The number of hydrogen-bond donors (Lipinski definition) is 2. The van der Waals surface area contributed by atoms with Crippen molar-refractivity contribution in [1.29, 1.82) is 0 Å². The molecule has 104 valence electrons. The Kier molecular flexibility index (Phi) is 5.18. The van der Waals surface area contributed by atoms with Crippen molar-refractivity contribution in [3.8, 4) is 0 Å². The van der Waals surface area contributed by atoms with Crippen LogP contribution in [0.4, 0.5) is 5.69 Å². The molecule has 0 aromatic heterocycles. The Hall–Kier alpha value is -1.11. The second kappa shape index (κ2) is 6.88. The lowest BCUT2D eigenvalue weighted by Gasteiger charge is -2.24. The van der Waals surface area contributed by atoms with Crippen LogP contribution in [0.25, 0.3) is 0 Å². The number of hydrogen-bond acceptors (Lipinski definition) is 5. The Morgan fingerprint density at radius 1 is 1.37 bits per heavy atom. The second-order valence-electron chi connectivity index (χ2n) is 4.66. The first-order valence-corrected chi connectivity index (χ1v) is 7.56. The van der Waals surface area contributed by atoms with E-state index in [0.29, 0.717) is 18.2 Å². The van der Waals surface area contributed by atoms with Crippen LogP contribution in [0, 0.1) is 10.1 Å². The van der Waals surface area contributed by atoms with Crippen molar-refractivity contribution in [3.05, 3.63) is 39.9 Å². The van der Waals surface area contributed by atoms with Crippen LogP contribution in [0.1, 0.15) is 24.5 Å². The topological polar surface area (TPSA) is 75.4 Å². The number of aliphatic hydroxyl groups excluding tert-OH is 1. The zero-order valence-corrected chi connectivity index (χ0v) is 11.4. The van der Waals surface area contributed by atoms with E-state index in [4.69, 9.17) is 0 Å². The molecule has 1 unspecified atom stereocenters. The summed E-state index contributed by atoms with van der Waals surface area (Å²) in [5, 5.41) is 23.9. The van der Waals surface area contributed by atoms with E-state index in [9.17, 15) is 15.2 Å². The fourth-order valence-corrected chi connectivity index (χ4v) is 3.22. The summed E-state index contributed by atoms with van der Waals surface area (Å²) in [6, 6.07) is 6.56. The zero-order chi connectivity index (χ0) is 13.7. The maximum Gasteiger partial charge on any atom is 0.269 e. The van der Waals surface area contributed by atoms with Gasteiger partial charge >= 0.3 is 0 Å². The van der Waals surface area contributed by atoms with Gasteiger partial charge in [-0.25, -0.2) is 0 Å². The molecule has 6 heteroatoms. The van der Waals surface area contributed by atoms with Crippen molar-refractivity contribution >= 4 is 17.4 Å². The van der Waals surface area contributed by atoms with Crippen LogP contribution in [-0.2, 0) is 0 Å². The molecule has 0 amide bonds. The molecular weight excluding hydrogens is 264 g/mol. The predicted molar refractivity (Wildman–Crippen MR) is 76.4 cm³/mol. The largest absolute Gasteiger partial charge is 0.387 e. The first kappa shape index (κ1) is 14.3. The Balaban J connectivity index is 1.84. The summed E-state index contributed by atoms with van der Waals surface area (Å²) < 4.78 is 0. The highest BCUT2D eigenvalue weighted by atomic mass is 32.2. The highest BCUT2D eigenvalue weighted by Gasteiger charge is 2.16. The summed E-state index contributed by atoms with van der Waals surface area (Å²) in [5.41, 5.74) is 0.761. The summed E-state index contributed by atoms with van der Waals surface area (Å²) >= 11 is 1.97. The number of benzene rings is 1. The molecule has 1 aromatic rings. The standard InChI is InChI=1S/C13H18N2O3S/c16-13(9-14-11-5-7-19-8-6-11)10-1-3-12(4-2-10)15(17)18/h1-4,11,13-14,16H,5-9H2. The van der Waals surface area contributed by atoms with Crippen molar-refractivity contribution in [3.63, 3.8) is 0 Å². The lowest BCUT2D eigenvalue weighted by molar-refractivity contribution is -0.384. The molecule has 2 N–H and O–H groups in total. The Morgan fingerprint density at radius 3 is 2.58 bits per heavy atom. The van der Waals surface area contributed by atoms with Gasteiger partial charge in [0.05, 0.1) is 11.0 Å². The third-order valence-electron chi connectivity index (χ3n) is 3.31. The first-order valence-electron chi connectivity index (χ1n) is 6.40. The third-order valence-corrected chi connectivity index (χ3v) is 4.36. The summed E-state index contributed by atoms with van der Waals surface area (Å²) in [6.45, 7) is 0.493. The number of nitro groups is 1. The minimum Gasteiger partial charge on any atom is -0.387 e. The van der Waals surface area contributed by atoms with Crippen LogP contribution in [0.2, 0.25) is 0 Å². The third kappa shape index (κ3) is 4.19. The fourth-order valence-electron chi connectivity index (χ4n) is 2.12. The van der Waals surface area contributed by atoms with Gasteiger partial charge in [0.25, 0.3) is 5.69 Å². The van der Waals surface area contributed by atoms with Crippen molar-refractivity contribution in [2.24, 2.45) is 0 Å². The minimum atomic E-state index is -0.615. The summed E-state index contributed by atoms with van der Waals surface area (Å²) in [5.74, 6) is 2.34. The average Bonchev–Trinajstić information content (AvgIpc) is 2.46. The average molecular weight is 282 g/mol.